The van der Waals surface area contributed by atoms with Crippen LogP contribution >= 0.6 is 0 Å². The van der Waals surface area contributed by atoms with Gasteiger partial charge in [0.15, 0.2) is 0 Å². The number of benzene rings is 3. The summed E-state index contributed by atoms with van der Waals surface area (Å²) in [7, 11) is -3.70. The standard InChI is InChI=1S/C20H18N2O3S/c1-15-7-11-17(12-8-15)21-20(23)16-9-13-19(14-10-16)26(24,25)22-18-5-3-2-4-6-18/h2-14,22H,1H3,(H,21,23). The molecule has 132 valence electrons. The Bertz CT molecular complexity index is 997. The molecule has 0 spiro atoms. The van der Waals surface area contributed by atoms with Gasteiger partial charge in [-0.3, -0.25) is 9.52 Å². The maximum absolute atomic E-state index is 12.4. The lowest BCUT2D eigenvalue weighted by molar-refractivity contribution is 0.102. The summed E-state index contributed by atoms with van der Waals surface area (Å²) in [6.07, 6.45) is 0. The van der Waals surface area contributed by atoms with Crippen LogP contribution in [-0.2, 0) is 10.0 Å². The number of anilines is 2. The molecule has 6 heteroatoms. The molecule has 5 nitrogen and oxygen atoms in total. The molecule has 2 N–H and O–H groups in total. The van der Waals surface area contributed by atoms with Gasteiger partial charge in [-0.1, -0.05) is 35.9 Å². The first-order valence-corrected chi connectivity index (χ1v) is 9.48. The van der Waals surface area contributed by atoms with Crippen molar-refractivity contribution in [1.82, 2.24) is 0 Å². The summed E-state index contributed by atoms with van der Waals surface area (Å²) in [5.41, 5.74) is 2.64. The number of para-hydroxylation sites is 1. The smallest absolute Gasteiger partial charge is 0.261 e. The van der Waals surface area contributed by atoms with E-state index in [4.69, 9.17) is 0 Å². The minimum Gasteiger partial charge on any atom is -0.322 e. The molecule has 0 aliphatic heterocycles. The third-order valence-electron chi connectivity index (χ3n) is 3.76. The highest BCUT2D eigenvalue weighted by Gasteiger charge is 2.15. The van der Waals surface area contributed by atoms with E-state index in [0.29, 0.717) is 16.9 Å². The number of sulfonamides is 1. The van der Waals surface area contributed by atoms with Crippen LogP contribution in [0.5, 0.6) is 0 Å². The van der Waals surface area contributed by atoms with Crippen LogP contribution < -0.4 is 10.0 Å². The Labute approximate surface area is 152 Å². The summed E-state index contributed by atoms with van der Waals surface area (Å²) in [6, 6.07) is 21.9. The van der Waals surface area contributed by atoms with Crippen molar-refractivity contribution in [2.45, 2.75) is 11.8 Å². The molecule has 0 aliphatic rings. The second-order valence-corrected chi connectivity index (χ2v) is 7.50. The van der Waals surface area contributed by atoms with Gasteiger partial charge in [0.25, 0.3) is 15.9 Å². The number of hydrogen-bond donors (Lipinski definition) is 2. The average molecular weight is 366 g/mol. The first-order chi connectivity index (χ1) is 12.4. The summed E-state index contributed by atoms with van der Waals surface area (Å²) in [5.74, 6) is -0.297. The molecule has 0 unspecified atom stereocenters. The topological polar surface area (TPSA) is 75.3 Å². The van der Waals surface area contributed by atoms with Crippen molar-refractivity contribution in [3.8, 4) is 0 Å². The van der Waals surface area contributed by atoms with E-state index in [1.807, 2.05) is 31.2 Å². The Morgan fingerprint density at radius 3 is 2.00 bits per heavy atom. The quantitative estimate of drug-likeness (QED) is 0.715. The molecular formula is C20H18N2O3S. The van der Waals surface area contributed by atoms with Crippen LogP contribution in [0.3, 0.4) is 0 Å². The van der Waals surface area contributed by atoms with E-state index in [1.165, 1.54) is 24.3 Å². The fourth-order valence-electron chi connectivity index (χ4n) is 2.35. The van der Waals surface area contributed by atoms with Crippen molar-refractivity contribution in [3.05, 3.63) is 90.0 Å². The number of carbonyl (C=O) groups excluding carboxylic acids is 1. The van der Waals surface area contributed by atoms with Crippen molar-refractivity contribution in [3.63, 3.8) is 0 Å². The third kappa shape index (κ3) is 4.29. The van der Waals surface area contributed by atoms with E-state index >= 15 is 0 Å². The highest BCUT2D eigenvalue weighted by molar-refractivity contribution is 7.92. The van der Waals surface area contributed by atoms with Gasteiger partial charge in [0.05, 0.1) is 4.90 Å². The average Bonchev–Trinajstić information content (AvgIpc) is 2.64. The van der Waals surface area contributed by atoms with Crippen LogP contribution in [-0.4, -0.2) is 14.3 Å². The molecule has 3 rings (SSSR count). The zero-order chi connectivity index (χ0) is 18.6. The molecule has 0 bridgehead atoms. The van der Waals surface area contributed by atoms with Gasteiger partial charge in [-0.05, 0) is 55.5 Å². The minimum atomic E-state index is -3.70. The van der Waals surface area contributed by atoms with E-state index in [2.05, 4.69) is 10.0 Å². The van der Waals surface area contributed by atoms with Crippen LogP contribution in [0.2, 0.25) is 0 Å². The summed E-state index contributed by atoms with van der Waals surface area (Å²) < 4.78 is 27.3. The number of amides is 1. The number of hydrogen-bond acceptors (Lipinski definition) is 3. The van der Waals surface area contributed by atoms with Crippen LogP contribution in [0.15, 0.2) is 83.8 Å². The van der Waals surface area contributed by atoms with Crippen molar-refractivity contribution in [1.29, 1.82) is 0 Å². The Hall–Kier alpha value is -3.12. The van der Waals surface area contributed by atoms with E-state index < -0.39 is 10.0 Å². The van der Waals surface area contributed by atoms with E-state index in [1.54, 1.807) is 30.3 Å². The van der Waals surface area contributed by atoms with Crippen LogP contribution in [0.25, 0.3) is 0 Å². The molecule has 0 atom stereocenters. The number of rotatable bonds is 5. The lowest BCUT2D eigenvalue weighted by atomic mass is 10.2. The van der Waals surface area contributed by atoms with Crippen LogP contribution in [0, 0.1) is 6.92 Å². The number of aryl methyl sites for hydroxylation is 1. The third-order valence-corrected chi connectivity index (χ3v) is 5.16. The lowest BCUT2D eigenvalue weighted by Crippen LogP contribution is -2.14. The van der Waals surface area contributed by atoms with Crippen molar-refractivity contribution in [2.24, 2.45) is 0 Å². The Balaban J connectivity index is 1.73. The normalized spacial score (nSPS) is 11.0. The first-order valence-electron chi connectivity index (χ1n) is 8.00. The highest BCUT2D eigenvalue weighted by Crippen LogP contribution is 2.17. The Morgan fingerprint density at radius 1 is 0.769 bits per heavy atom. The molecule has 3 aromatic carbocycles. The minimum absolute atomic E-state index is 0.0910. The Morgan fingerprint density at radius 2 is 1.38 bits per heavy atom. The molecule has 0 radical (unpaired) electrons. The molecular weight excluding hydrogens is 348 g/mol. The van der Waals surface area contributed by atoms with Crippen molar-refractivity contribution >= 4 is 27.3 Å². The van der Waals surface area contributed by atoms with E-state index in [0.717, 1.165) is 5.56 Å². The van der Waals surface area contributed by atoms with Gasteiger partial charge in [-0.2, -0.15) is 0 Å². The second kappa shape index (κ2) is 7.41. The molecule has 3 aromatic rings. The van der Waals surface area contributed by atoms with Gasteiger partial charge < -0.3 is 5.32 Å². The van der Waals surface area contributed by atoms with E-state index in [9.17, 15) is 13.2 Å². The van der Waals surface area contributed by atoms with Crippen LogP contribution in [0.1, 0.15) is 15.9 Å². The molecule has 0 saturated heterocycles. The van der Waals surface area contributed by atoms with Crippen LogP contribution in [0.4, 0.5) is 11.4 Å². The molecule has 0 aliphatic carbocycles. The predicted octanol–water partition coefficient (Wildman–Crippen LogP) is 4.05. The van der Waals surface area contributed by atoms with Gasteiger partial charge in [0.1, 0.15) is 0 Å². The predicted molar refractivity (Wildman–Crippen MR) is 103 cm³/mol. The van der Waals surface area contributed by atoms with Gasteiger partial charge in [0, 0.05) is 16.9 Å². The maximum Gasteiger partial charge on any atom is 0.261 e. The first kappa shape index (κ1) is 17.7. The van der Waals surface area contributed by atoms with Gasteiger partial charge in [0.2, 0.25) is 0 Å². The number of nitrogens with one attached hydrogen (secondary N) is 2. The molecule has 26 heavy (non-hydrogen) atoms. The second-order valence-electron chi connectivity index (χ2n) is 5.82. The van der Waals surface area contributed by atoms with Gasteiger partial charge >= 0.3 is 0 Å². The van der Waals surface area contributed by atoms with Crippen molar-refractivity contribution in [2.75, 3.05) is 10.0 Å². The zero-order valence-electron chi connectivity index (χ0n) is 14.1. The molecule has 1 amide bonds. The summed E-state index contributed by atoms with van der Waals surface area (Å²) in [6.45, 7) is 1.97. The maximum atomic E-state index is 12.4. The summed E-state index contributed by atoms with van der Waals surface area (Å²) in [4.78, 5) is 12.4. The SMILES string of the molecule is Cc1ccc(NC(=O)c2ccc(S(=O)(=O)Nc3ccccc3)cc2)cc1. The molecule has 0 aromatic heterocycles. The lowest BCUT2D eigenvalue weighted by Gasteiger charge is -2.09. The fraction of sp³-hybridized carbons (Fsp3) is 0.0500. The van der Waals surface area contributed by atoms with Gasteiger partial charge in [-0.25, -0.2) is 8.42 Å². The van der Waals surface area contributed by atoms with Gasteiger partial charge in [-0.15, -0.1) is 0 Å². The fourth-order valence-corrected chi connectivity index (χ4v) is 3.40. The largest absolute Gasteiger partial charge is 0.322 e. The van der Waals surface area contributed by atoms with Crippen molar-refractivity contribution < 1.29 is 13.2 Å². The number of carbonyl (C=O) groups is 1. The van der Waals surface area contributed by atoms with E-state index in [-0.39, 0.29) is 10.8 Å². The Kier molecular flexibility index (Phi) is 5.04. The summed E-state index contributed by atoms with van der Waals surface area (Å²) >= 11 is 0. The highest BCUT2D eigenvalue weighted by atomic mass is 32.2. The molecule has 0 heterocycles. The summed E-state index contributed by atoms with van der Waals surface area (Å²) in [5, 5.41) is 2.78. The molecule has 0 saturated carbocycles. The molecule has 0 fully saturated rings. The zero-order valence-corrected chi connectivity index (χ0v) is 15.0. The monoisotopic (exact) mass is 366 g/mol.